The summed E-state index contributed by atoms with van der Waals surface area (Å²) in [6.45, 7) is 0. The molecule has 0 aromatic rings. The van der Waals surface area contributed by atoms with Gasteiger partial charge in [0, 0.05) is 27.2 Å². The maximum Gasteiger partial charge on any atom is 0.150 e. The van der Waals surface area contributed by atoms with Crippen LogP contribution in [-0.2, 0) is 15.6 Å². The summed E-state index contributed by atoms with van der Waals surface area (Å²) in [4.78, 5) is 11.5. The molecule has 2 atom stereocenters. The first-order chi connectivity index (χ1) is 6.72. The van der Waals surface area contributed by atoms with E-state index < -0.39 is 10.8 Å². The highest BCUT2D eigenvalue weighted by atomic mass is 32.2. The fraction of sp³-hybridized carbons (Fsp3) is 0.800. The van der Waals surface area contributed by atoms with Crippen molar-refractivity contribution in [2.45, 2.75) is 42.6 Å². The highest BCUT2D eigenvalue weighted by Gasteiger charge is 2.42. The largest absolute Gasteiger partial charge is 0.298 e. The maximum atomic E-state index is 11.6. The molecule has 0 spiro atoms. The van der Waals surface area contributed by atoms with Crippen LogP contribution in [-0.4, -0.2) is 20.5 Å². The predicted molar refractivity (Wildman–Crippen MR) is 52.9 cm³/mol. The molecule has 0 N–H and O–H groups in total. The van der Waals surface area contributed by atoms with Crippen molar-refractivity contribution in [3.05, 3.63) is 0 Å². The lowest BCUT2D eigenvalue weighted by Gasteiger charge is -2.25. The molecule has 2 saturated heterocycles. The number of ketones is 1. The Balaban J connectivity index is 2.03. The average Bonchev–Trinajstić information content (AvgIpc) is 2.42. The molecule has 0 aromatic heterocycles. The molecular formula is C10H13NO2S. The SMILES string of the molecule is N#CCC(=O)C1CC2CCC(C1)S2=O. The van der Waals surface area contributed by atoms with Gasteiger partial charge in [0.1, 0.15) is 5.78 Å². The second-order valence-corrected chi connectivity index (χ2v) is 6.11. The molecule has 76 valence electrons. The van der Waals surface area contributed by atoms with Crippen molar-refractivity contribution < 1.29 is 9.00 Å². The number of rotatable bonds is 2. The highest BCUT2D eigenvalue weighted by molar-refractivity contribution is 7.86. The number of carbonyl (C=O) groups excluding carboxylic acids is 1. The summed E-state index contributed by atoms with van der Waals surface area (Å²) in [5.74, 6) is 0.0750. The average molecular weight is 211 g/mol. The van der Waals surface area contributed by atoms with Crippen LogP contribution >= 0.6 is 0 Å². The molecule has 14 heavy (non-hydrogen) atoms. The summed E-state index contributed by atoms with van der Waals surface area (Å²) in [5.41, 5.74) is 0. The molecule has 0 aromatic carbocycles. The molecule has 0 aliphatic carbocycles. The maximum absolute atomic E-state index is 11.6. The van der Waals surface area contributed by atoms with E-state index in [0.29, 0.717) is 0 Å². The Kier molecular flexibility index (Phi) is 2.69. The first kappa shape index (κ1) is 9.85. The number of nitriles is 1. The van der Waals surface area contributed by atoms with E-state index in [1.54, 1.807) is 0 Å². The van der Waals surface area contributed by atoms with Crippen LogP contribution in [0.1, 0.15) is 32.1 Å². The smallest absolute Gasteiger partial charge is 0.150 e. The van der Waals surface area contributed by atoms with Gasteiger partial charge in [-0.3, -0.25) is 9.00 Å². The number of carbonyl (C=O) groups is 1. The van der Waals surface area contributed by atoms with Crippen molar-refractivity contribution >= 4 is 16.6 Å². The van der Waals surface area contributed by atoms with Crippen molar-refractivity contribution in [3.8, 4) is 6.07 Å². The third kappa shape index (κ3) is 1.61. The molecular weight excluding hydrogens is 198 g/mol. The Morgan fingerprint density at radius 2 is 1.93 bits per heavy atom. The quantitative estimate of drug-likeness (QED) is 0.688. The third-order valence-corrected chi connectivity index (χ3v) is 5.44. The monoisotopic (exact) mass is 211 g/mol. The van der Waals surface area contributed by atoms with Crippen molar-refractivity contribution in [2.75, 3.05) is 0 Å². The Labute approximate surface area is 85.9 Å². The lowest BCUT2D eigenvalue weighted by molar-refractivity contribution is -0.122. The van der Waals surface area contributed by atoms with E-state index in [2.05, 4.69) is 0 Å². The molecule has 0 saturated carbocycles. The molecule has 2 aliphatic heterocycles. The first-order valence-electron chi connectivity index (χ1n) is 5.01. The Bertz CT molecular complexity index is 305. The van der Waals surface area contributed by atoms with Gasteiger partial charge < -0.3 is 0 Å². The number of fused-ring (bicyclic) bond motifs is 2. The second kappa shape index (κ2) is 3.82. The number of Topliss-reactive ketones (excluding diaryl/α,β-unsaturated/α-hetero) is 1. The van der Waals surface area contributed by atoms with E-state index in [0.717, 1.165) is 25.7 Å². The molecule has 0 amide bonds. The van der Waals surface area contributed by atoms with E-state index in [-0.39, 0.29) is 28.6 Å². The molecule has 2 fully saturated rings. The molecule has 2 aliphatic rings. The van der Waals surface area contributed by atoms with E-state index >= 15 is 0 Å². The summed E-state index contributed by atoms with van der Waals surface area (Å²) < 4.78 is 11.6. The highest BCUT2D eigenvalue weighted by Crippen LogP contribution is 2.39. The number of hydrogen-bond donors (Lipinski definition) is 0. The summed E-state index contributed by atoms with van der Waals surface area (Å²) in [6, 6.07) is 1.90. The normalized spacial score (nSPS) is 40.5. The van der Waals surface area contributed by atoms with Gasteiger partial charge in [-0.05, 0) is 25.7 Å². The third-order valence-electron chi connectivity index (χ3n) is 3.27. The van der Waals surface area contributed by atoms with Gasteiger partial charge in [-0.15, -0.1) is 0 Å². The van der Waals surface area contributed by atoms with Crippen LogP contribution in [0.15, 0.2) is 0 Å². The lowest BCUT2D eigenvalue weighted by atomic mass is 9.93. The van der Waals surface area contributed by atoms with Crippen LogP contribution in [0.4, 0.5) is 0 Å². The topological polar surface area (TPSA) is 57.9 Å². The fourth-order valence-corrected chi connectivity index (χ4v) is 4.64. The number of nitrogens with zero attached hydrogens (tertiary/aromatic N) is 1. The van der Waals surface area contributed by atoms with Crippen LogP contribution in [0.25, 0.3) is 0 Å². The first-order valence-corrected chi connectivity index (χ1v) is 6.29. The number of hydrogen-bond acceptors (Lipinski definition) is 3. The van der Waals surface area contributed by atoms with Crippen molar-refractivity contribution in [3.63, 3.8) is 0 Å². The van der Waals surface area contributed by atoms with Gasteiger partial charge in [-0.25, -0.2) is 0 Å². The minimum Gasteiger partial charge on any atom is -0.298 e. The molecule has 2 rings (SSSR count). The van der Waals surface area contributed by atoms with Crippen LogP contribution in [0.2, 0.25) is 0 Å². The minimum atomic E-state index is -0.695. The zero-order valence-electron chi connectivity index (χ0n) is 7.94. The lowest BCUT2D eigenvalue weighted by Crippen LogP contribution is -2.32. The van der Waals surface area contributed by atoms with Gasteiger partial charge in [-0.1, -0.05) is 0 Å². The molecule has 2 heterocycles. The molecule has 2 unspecified atom stereocenters. The molecule has 4 heteroatoms. The van der Waals surface area contributed by atoms with Crippen molar-refractivity contribution in [1.29, 1.82) is 5.26 Å². The Hall–Kier alpha value is -0.690. The molecule has 2 bridgehead atoms. The van der Waals surface area contributed by atoms with Crippen molar-refractivity contribution in [2.24, 2.45) is 5.92 Å². The fourth-order valence-electron chi connectivity index (χ4n) is 2.52. The minimum absolute atomic E-state index is 0.0184. The summed E-state index contributed by atoms with van der Waals surface area (Å²) in [6.07, 6.45) is 3.55. The van der Waals surface area contributed by atoms with Crippen molar-refractivity contribution in [1.82, 2.24) is 0 Å². The Morgan fingerprint density at radius 1 is 1.36 bits per heavy atom. The summed E-state index contributed by atoms with van der Waals surface area (Å²) in [7, 11) is -0.695. The molecule has 0 radical (unpaired) electrons. The molecule has 3 nitrogen and oxygen atoms in total. The van der Waals surface area contributed by atoms with Crippen LogP contribution in [0, 0.1) is 17.2 Å². The summed E-state index contributed by atoms with van der Waals surface area (Å²) >= 11 is 0. The van der Waals surface area contributed by atoms with Gasteiger partial charge in [0.05, 0.1) is 12.5 Å². The predicted octanol–water partition coefficient (Wildman–Crippen LogP) is 1.16. The van der Waals surface area contributed by atoms with Gasteiger partial charge in [0.15, 0.2) is 0 Å². The Morgan fingerprint density at radius 3 is 2.43 bits per heavy atom. The standard InChI is InChI=1S/C10H13NO2S/c11-4-3-10(12)7-5-8-1-2-9(6-7)14(8)13/h7-9H,1-3,5-6H2. The van der Waals surface area contributed by atoms with E-state index in [9.17, 15) is 9.00 Å². The van der Waals surface area contributed by atoms with Crippen LogP contribution in [0.3, 0.4) is 0 Å². The van der Waals surface area contributed by atoms with E-state index in [1.165, 1.54) is 0 Å². The summed E-state index contributed by atoms with van der Waals surface area (Å²) in [5, 5.41) is 8.91. The zero-order chi connectivity index (χ0) is 10.1. The van der Waals surface area contributed by atoms with Gasteiger partial charge >= 0.3 is 0 Å². The van der Waals surface area contributed by atoms with Gasteiger partial charge in [0.2, 0.25) is 0 Å². The van der Waals surface area contributed by atoms with Gasteiger partial charge in [-0.2, -0.15) is 5.26 Å². The van der Waals surface area contributed by atoms with Crippen LogP contribution < -0.4 is 0 Å². The van der Waals surface area contributed by atoms with Crippen LogP contribution in [0.5, 0.6) is 0 Å². The second-order valence-electron chi connectivity index (χ2n) is 4.12. The van der Waals surface area contributed by atoms with Gasteiger partial charge in [0.25, 0.3) is 0 Å². The van der Waals surface area contributed by atoms with E-state index in [4.69, 9.17) is 5.26 Å². The van der Waals surface area contributed by atoms with E-state index in [1.807, 2.05) is 6.07 Å². The zero-order valence-corrected chi connectivity index (χ0v) is 8.76.